The van der Waals surface area contributed by atoms with Gasteiger partial charge in [-0.2, -0.15) is 0 Å². The molecule has 0 saturated carbocycles. The van der Waals surface area contributed by atoms with E-state index < -0.39 is 0 Å². The largest absolute Gasteiger partial charge is 0.338 e. The van der Waals surface area contributed by atoms with E-state index in [1.807, 2.05) is 11.0 Å². The Bertz CT molecular complexity index is 459. The second-order valence-electron chi connectivity index (χ2n) is 6.97. The molecule has 2 rings (SSSR count). The molecule has 1 heterocycles. The van der Waals surface area contributed by atoms with E-state index in [-0.39, 0.29) is 11.6 Å². The van der Waals surface area contributed by atoms with Crippen LogP contribution in [0.15, 0.2) is 30.3 Å². The average Bonchev–Trinajstić information content (AvgIpc) is 2.52. The first-order chi connectivity index (χ1) is 10.5. The van der Waals surface area contributed by atoms with Crippen molar-refractivity contribution in [1.82, 2.24) is 15.1 Å². The molecule has 4 nitrogen and oxygen atoms in total. The van der Waals surface area contributed by atoms with Crippen LogP contribution in [0.25, 0.3) is 0 Å². The Kier molecular flexibility index (Phi) is 5.83. The zero-order valence-corrected chi connectivity index (χ0v) is 14.1. The number of amides is 2. The molecule has 1 aliphatic heterocycles. The second-order valence-corrected chi connectivity index (χ2v) is 6.97. The van der Waals surface area contributed by atoms with Gasteiger partial charge in [-0.3, -0.25) is 4.90 Å². The summed E-state index contributed by atoms with van der Waals surface area (Å²) in [7, 11) is 0. The summed E-state index contributed by atoms with van der Waals surface area (Å²) in [4.78, 5) is 16.5. The Balaban J connectivity index is 1.64. The van der Waals surface area contributed by atoms with Crippen LogP contribution in [-0.4, -0.2) is 54.1 Å². The highest BCUT2D eigenvalue weighted by molar-refractivity contribution is 5.74. The first-order valence-corrected chi connectivity index (χ1v) is 8.28. The third kappa shape index (κ3) is 5.02. The van der Waals surface area contributed by atoms with Crippen molar-refractivity contribution in [3.05, 3.63) is 35.9 Å². The van der Waals surface area contributed by atoms with Crippen molar-refractivity contribution in [1.29, 1.82) is 0 Å². The van der Waals surface area contributed by atoms with Crippen molar-refractivity contribution in [2.75, 3.05) is 32.7 Å². The highest BCUT2D eigenvalue weighted by Gasteiger charge is 2.27. The number of benzene rings is 1. The average molecular weight is 303 g/mol. The number of nitrogens with zero attached hydrogens (tertiary/aromatic N) is 2. The molecule has 1 aromatic rings. The van der Waals surface area contributed by atoms with Gasteiger partial charge in [-0.05, 0) is 39.2 Å². The van der Waals surface area contributed by atoms with Crippen molar-refractivity contribution >= 4 is 6.03 Å². The zero-order valence-electron chi connectivity index (χ0n) is 14.1. The van der Waals surface area contributed by atoms with Gasteiger partial charge < -0.3 is 10.2 Å². The number of carbonyl (C=O) groups is 1. The van der Waals surface area contributed by atoms with Crippen LogP contribution in [0, 0.1) is 0 Å². The highest BCUT2D eigenvalue weighted by Crippen LogP contribution is 2.15. The first kappa shape index (κ1) is 16.8. The maximum atomic E-state index is 12.2. The van der Waals surface area contributed by atoms with Crippen LogP contribution in [0.5, 0.6) is 0 Å². The summed E-state index contributed by atoms with van der Waals surface area (Å²) in [5.41, 5.74) is 1.52. The number of hydrogen-bond acceptors (Lipinski definition) is 2. The lowest BCUT2D eigenvalue weighted by Gasteiger charge is -2.42. The molecule has 1 fully saturated rings. The van der Waals surface area contributed by atoms with E-state index in [0.29, 0.717) is 0 Å². The number of rotatable bonds is 4. The van der Waals surface area contributed by atoms with Gasteiger partial charge in [-0.15, -0.1) is 0 Å². The van der Waals surface area contributed by atoms with E-state index in [1.54, 1.807) is 0 Å². The quantitative estimate of drug-likeness (QED) is 0.868. The Morgan fingerprint density at radius 1 is 1.09 bits per heavy atom. The Morgan fingerprint density at radius 3 is 2.32 bits per heavy atom. The lowest BCUT2D eigenvalue weighted by molar-refractivity contribution is 0.0743. The molecule has 1 aliphatic rings. The lowest BCUT2D eigenvalue weighted by atomic mass is 10.1. The first-order valence-electron chi connectivity index (χ1n) is 8.28. The number of urea groups is 1. The Labute approximate surface area is 134 Å². The lowest BCUT2D eigenvalue weighted by Crippen LogP contribution is -2.56. The van der Waals surface area contributed by atoms with Gasteiger partial charge in [-0.1, -0.05) is 30.3 Å². The number of aryl methyl sites for hydroxylation is 1. The van der Waals surface area contributed by atoms with Gasteiger partial charge in [0.25, 0.3) is 0 Å². The second kappa shape index (κ2) is 7.63. The molecule has 22 heavy (non-hydrogen) atoms. The van der Waals surface area contributed by atoms with Crippen LogP contribution in [0.1, 0.15) is 32.8 Å². The van der Waals surface area contributed by atoms with Gasteiger partial charge in [0.05, 0.1) is 0 Å². The predicted octanol–water partition coefficient (Wildman–Crippen LogP) is 2.74. The summed E-state index contributed by atoms with van der Waals surface area (Å²) in [5.74, 6) is 0. The van der Waals surface area contributed by atoms with E-state index in [9.17, 15) is 4.79 Å². The molecule has 0 spiro atoms. The van der Waals surface area contributed by atoms with Crippen LogP contribution in [0.3, 0.4) is 0 Å². The molecule has 0 atom stereocenters. The Morgan fingerprint density at radius 2 is 1.73 bits per heavy atom. The summed E-state index contributed by atoms with van der Waals surface area (Å²) in [6.45, 7) is 11.0. The molecule has 0 unspecified atom stereocenters. The fourth-order valence-electron chi connectivity index (χ4n) is 2.82. The number of hydrogen-bond donors (Lipinski definition) is 1. The standard InChI is InChI=1S/C18H29N3O/c1-18(2,3)21-14-12-20(13-15-21)17(22)19-11-7-10-16-8-5-4-6-9-16/h4-6,8-9H,7,10-15H2,1-3H3,(H,19,22). The summed E-state index contributed by atoms with van der Waals surface area (Å²) in [5, 5.41) is 3.04. The molecule has 122 valence electrons. The predicted molar refractivity (Wildman–Crippen MR) is 91.1 cm³/mol. The fourth-order valence-corrected chi connectivity index (χ4v) is 2.82. The summed E-state index contributed by atoms with van der Waals surface area (Å²) >= 11 is 0. The van der Waals surface area contributed by atoms with Crippen molar-refractivity contribution in [3.63, 3.8) is 0 Å². The van der Waals surface area contributed by atoms with Crippen molar-refractivity contribution in [2.45, 2.75) is 39.2 Å². The van der Waals surface area contributed by atoms with Crippen LogP contribution in [0.2, 0.25) is 0 Å². The third-order valence-corrected chi connectivity index (χ3v) is 4.28. The van der Waals surface area contributed by atoms with Gasteiger partial charge in [0.2, 0.25) is 0 Å². The normalized spacial score (nSPS) is 16.6. The summed E-state index contributed by atoms with van der Waals surface area (Å²) < 4.78 is 0. The van der Waals surface area contributed by atoms with Crippen LogP contribution in [-0.2, 0) is 6.42 Å². The molecule has 0 bridgehead atoms. The van der Waals surface area contributed by atoms with Crippen molar-refractivity contribution in [2.24, 2.45) is 0 Å². The smallest absolute Gasteiger partial charge is 0.317 e. The summed E-state index contributed by atoms with van der Waals surface area (Å²) in [6, 6.07) is 10.5. The minimum Gasteiger partial charge on any atom is -0.338 e. The van der Waals surface area contributed by atoms with Gasteiger partial charge >= 0.3 is 6.03 Å². The number of carbonyl (C=O) groups excluding carboxylic acids is 1. The van der Waals surface area contributed by atoms with Gasteiger partial charge in [0.15, 0.2) is 0 Å². The van der Waals surface area contributed by atoms with Gasteiger partial charge in [0, 0.05) is 38.3 Å². The van der Waals surface area contributed by atoms with Gasteiger partial charge in [-0.25, -0.2) is 4.79 Å². The molecule has 1 N–H and O–H groups in total. The highest BCUT2D eigenvalue weighted by atomic mass is 16.2. The molecule has 0 aromatic heterocycles. The van der Waals surface area contributed by atoms with E-state index in [2.05, 4.69) is 55.3 Å². The molecular formula is C18H29N3O. The van der Waals surface area contributed by atoms with Crippen LogP contribution >= 0.6 is 0 Å². The van der Waals surface area contributed by atoms with E-state index in [4.69, 9.17) is 0 Å². The zero-order chi connectivity index (χ0) is 16.0. The SMILES string of the molecule is CC(C)(C)N1CCN(C(=O)NCCCc2ccccc2)CC1. The topological polar surface area (TPSA) is 35.6 Å². The third-order valence-electron chi connectivity index (χ3n) is 4.28. The van der Waals surface area contributed by atoms with E-state index in [1.165, 1.54) is 5.56 Å². The minimum atomic E-state index is 0.0848. The van der Waals surface area contributed by atoms with Crippen LogP contribution < -0.4 is 5.32 Å². The Hall–Kier alpha value is -1.55. The van der Waals surface area contributed by atoms with E-state index in [0.717, 1.165) is 45.6 Å². The maximum absolute atomic E-state index is 12.2. The molecule has 4 heteroatoms. The van der Waals surface area contributed by atoms with Crippen molar-refractivity contribution in [3.8, 4) is 0 Å². The maximum Gasteiger partial charge on any atom is 0.317 e. The molecule has 1 saturated heterocycles. The fraction of sp³-hybridized carbons (Fsp3) is 0.611. The molecule has 1 aromatic carbocycles. The minimum absolute atomic E-state index is 0.0848. The molecular weight excluding hydrogens is 274 g/mol. The molecule has 0 aliphatic carbocycles. The molecule has 2 amide bonds. The molecule has 0 radical (unpaired) electrons. The number of nitrogens with one attached hydrogen (secondary N) is 1. The monoisotopic (exact) mass is 303 g/mol. The van der Waals surface area contributed by atoms with Gasteiger partial charge in [0.1, 0.15) is 0 Å². The number of piperazine rings is 1. The van der Waals surface area contributed by atoms with Crippen molar-refractivity contribution < 1.29 is 4.79 Å². The summed E-state index contributed by atoms with van der Waals surface area (Å²) in [6.07, 6.45) is 2.00. The van der Waals surface area contributed by atoms with E-state index >= 15 is 0 Å². The van der Waals surface area contributed by atoms with Crippen LogP contribution in [0.4, 0.5) is 4.79 Å².